The molecule has 0 spiro atoms. The summed E-state index contributed by atoms with van der Waals surface area (Å²) in [4.78, 5) is 41.1. The Morgan fingerprint density at radius 3 is 2.75 bits per heavy atom. The van der Waals surface area contributed by atoms with Gasteiger partial charge < -0.3 is 14.4 Å². The topological polar surface area (TPSA) is 111 Å². The van der Waals surface area contributed by atoms with E-state index in [4.69, 9.17) is 4.74 Å². The summed E-state index contributed by atoms with van der Waals surface area (Å²) in [6.07, 6.45) is -0.00985. The van der Waals surface area contributed by atoms with Gasteiger partial charge in [0.2, 0.25) is 0 Å². The minimum Gasteiger partial charge on any atom is -0.506 e. The second-order valence-corrected chi connectivity index (χ2v) is 6.73. The molecule has 1 amide bonds. The molecular weight excluding hydrogens is 382 g/mol. The Hall–Kier alpha value is -3.20. The number of nitrogens with zero attached hydrogens (tertiary/aromatic N) is 2. The molecule has 0 unspecified atom stereocenters. The first-order chi connectivity index (χ1) is 13.5. The Kier molecular flexibility index (Phi) is 5.74. The molecule has 146 valence electrons. The van der Waals surface area contributed by atoms with E-state index >= 15 is 0 Å². The zero-order valence-electron chi connectivity index (χ0n) is 15.4. The molecule has 0 aliphatic carbocycles. The molecule has 0 aliphatic heterocycles. The van der Waals surface area contributed by atoms with Crippen LogP contribution in [0.2, 0.25) is 0 Å². The number of nitrogens with one attached hydrogen (secondary N) is 1. The number of aromatic hydroxyl groups is 1. The average Bonchev–Trinajstić information content (AvgIpc) is 3.09. The molecule has 0 fully saturated rings. The van der Waals surface area contributed by atoms with Gasteiger partial charge in [0.25, 0.3) is 11.5 Å². The second kappa shape index (κ2) is 8.22. The van der Waals surface area contributed by atoms with Crippen LogP contribution in [0, 0.1) is 0 Å². The molecule has 8 nitrogen and oxygen atoms in total. The fourth-order valence-electron chi connectivity index (χ4n) is 2.87. The Morgan fingerprint density at radius 2 is 2.04 bits per heavy atom. The van der Waals surface area contributed by atoms with Gasteiger partial charge >= 0.3 is 5.97 Å². The lowest BCUT2D eigenvalue weighted by Gasteiger charge is -2.13. The maximum Gasteiger partial charge on any atom is 0.311 e. The molecule has 0 atom stereocenters. The van der Waals surface area contributed by atoms with E-state index in [2.05, 4.69) is 10.3 Å². The molecule has 9 heteroatoms. The normalized spacial score (nSPS) is 10.8. The van der Waals surface area contributed by atoms with Gasteiger partial charge in [-0.15, -0.1) is 11.3 Å². The van der Waals surface area contributed by atoms with Gasteiger partial charge in [-0.05, 0) is 26.0 Å². The van der Waals surface area contributed by atoms with Gasteiger partial charge in [0.05, 0.1) is 24.2 Å². The quantitative estimate of drug-likeness (QED) is 0.614. The van der Waals surface area contributed by atoms with Crippen molar-refractivity contribution in [3.8, 4) is 5.75 Å². The van der Waals surface area contributed by atoms with Crippen molar-refractivity contribution in [2.45, 2.75) is 26.8 Å². The zero-order chi connectivity index (χ0) is 20.3. The van der Waals surface area contributed by atoms with Crippen LogP contribution >= 0.6 is 11.3 Å². The lowest BCUT2D eigenvalue weighted by Crippen LogP contribution is -2.29. The van der Waals surface area contributed by atoms with E-state index in [0.29, 0.717) is 23.1 Å². The van der Waals surface area contributed by atoms with Crippen molar-refractivity contribution in [1.82, 2.24) is 9.55 Å². The van der Waals surface area contributed by atoms with Crippen molar-refractivity contribution >= 4 is 39.2 Å². The van der Waals surface area contributed by atoms with E-state index in [1.165, 1.54) is 4.57 Å². The summed E-state index contributed by atoms with van der Waals surface area (Å²) in [6.45, 7) is 4.12. The van der Waals surface area contributed by atoms with Gasteiger partial charge in [0, 0.05) is 17.3 Å². The standard InChI is InChI=1S/C19H19N3O5S/c1-3-22-13-8-6-5-7-12(13)16(24)15(18(22)26)17(25)21-19-20-11(10-28-19)9-14(23)27-4-2/h5-8,10,24H,3-4,9H2,1-2H3,(H,20,21,25). The van der Waals surface area contributed by atoms with Gasteiger partial charge in [0.1, 0.15) is 11.3 Å². The number of carbonyl (C=O) groups is 2. The number of rotatable bonds is 6. The molecule has 0 saturated carbocycles. The molecular formula is C19H19N3O5S. The minimum absolute atomic E-state index is 0.00985. The maximum atomic E-state index is 12.8. The van der Waals surface area contributed by atoms with Crippen LogP contribution in [0.1, 0.15) is 29.9 Å². The highest BCUT2D eigenvalue weighted by molar-refractivity contribution is 7.14. The Morgan fingerprint density at radius 1 is 1.29 bits per heavy atom. The monoisotopic (exact) mass is 401 g/mol. The summed E-state index contributed by atoms with van der Waals surface area (Å²) in [5.74, 6) is -1.54. The summed E-state index contributed by atoms with van der Waals surface area (Å²) in [7, 11) is 0. The Bertz CT molecular complexity index is 1100. The fourth-order valence-corrected chi connectivity index (χ4v) is 3.58. The van der Waals surface area contributed by atoms with Crippen LogP contribution in [0.15, 0.2) is 34.4 Å². The summed E-state index contributed by atoms with van der Waals surface area (Å²) >= 11 is 1.12. The predicted molar refractivity (Wildman–Crippen MR) is 106 cm³/mol. The first kappa shape index (κ1) is 19.6. The number of esters is 1. The van der Waals surface area contributed by atoms with Crippen molar-refractivity contribution in [3.63, 3.8) is 0 Å². The first-order valence-electron chi connectivity index (χ1n) is 8.72. The molecule has 0 bridgehead atoms. The van der Waals surface area contributed by atoms with Gasteiger partial charge in [-0.1, -0.05) is 12.1 Å². The minimum atomic E-state index is -0.757. The lowest BCUT2D eigenvalue weighted by atomic mass is 10.1. The number of fused-ring (bicyclic) bond motifs is 1. The summed E-state index contributed by atoms with van der Waals surface area (Å²) in [5.41, 5.74) is 0.0738. The first-order valence-corrected chi connectivity index (χ1v) is 9.60. The number of aromatic nitrogens is 2. The number of ether oxygens (including phenoxy) is 1. The van der Waals surface area contributed by atoms with Crippen LogP contribution in [0.5, 0.6) is 5.75 Å². The molecule has 28 heavy (non-hydrogen) atoms. The number of hydrogen-bond donors (Lipinski definition) is 2. The van der Waals surface area contributed by atoms with Crippen LogP contribution in [0.3, 0.4) is 0 Å². The number of aryl methyl sites for hydroxylation is 1. The van der Waals surface area contributed by atoms with Crippen LogP contribution in [0.25, 0.3) is 10.9 Å². The highest BCUT2D eigenvalue weighted by Gasteiger charge is 2.22. The average molecular weight is 401 g/mol. The summed E-state index contributed by atoms with van der Waals surface area (Å²) < 4.78 is 6.29. The Balaban J connectivity index is 1.91. The third kappa shape index (κ3) is 3.74. The number of para-hydroxylation sites is 1. The zero-order valence-corrected chi connectivity index (χ0v) is 16.2. The smallest absolute Gasteiger partial charge is 0.311 e. The van der Waals surface area contributed by atoms with E-state index in [1.807, 2.05) is 0 Å². The van der Waals surface area contributed by atoms with Crippen molar-refractivity contribution in [2.75, 3.05) is 11.9 Å². The number of pyridine rings is 1. The number of amides is 1. The van der Waals surface area contributed by atoms with Gasteiger partial charge in [-0.25, -0.2) is 4.98 Å². The highest BCUT2D eigenvalue weighted by atomic mass is 32.1. The van der Waals surface area contributed by atoms with Gasteiger partial charge in [-0.2, -0.15) is 0 Å². The van der Waals surface area contributed by atoms with Crippen LogP contribution < -0.4 is 10.9 Å². The number of benzene rings is 1. The molecule has 3 rings (SSSR count). The molecule has 0 saturated heterocycles. The molecule has 3 aromatic rings. The number of anilines is 1. The van der Waals surface area contributed by atoms with E-state index in [9.17, 15) is 19.5 Å². The second-order valence-electron chi connectivity index (χ2n) is 5.87. The Labute approximate surface area is 164 Å². The van der Waals surface area contributed by atoms with Crippen molar-refractivity contribution in [3.05, 3.63) is 51.3 Å². The molecule has 1 aromatic carbocycles. The largest absolute Gasteiger partial charge is 0.506 e. The van der Waals surface area contributed by atoms with Gasteiger partial charge in [0.15, 0.2) is 5.13 Å². The molecule has 2 aromatic heterocycles. The van der Waals surface area contributed by atoms with Crippen molar-refractivity contribution in [2.24, 2.45) is 0 Å². The molecule has 0 radical (unpaired) electrons. The number of hydrogen-bond acceptors (Lipinski definition) is 7. The third-order valence-corrected chi connectivity index (χ3v) is 4.90. The maximum absolute atomic E-state index is 12.8. The molecule has 2 heterocycles. The lowest BCUT2D eigenvalue weighted by molar-refractivity contribution is -0.142. The van der Waals surface area contributed by atoms with Gasteiger partial charge in [-0.3, -0.25) is 19.7 Å². The fraction of sp³-hybridized carbons (Fsp3) is 0.263. The molecule has 2 N–H and O–H groups in total. The van der Waals surface area contributed by atoms with Crippen LogP contribution in [0.4, 0.5) is 5.13 Å². The van der Waals surface area contributed by atoms with E-state index in [-0.39, 0.29) is 29.5 Å². The van der Waals surface area contributed by atoms with Crippen LogP contribution in [-0.2, 0) is 22.5 Å². The van der Waals surface area contributed by atoms with Crippen molar-refractivity contribution in [1.29, 1.82) is 0 Å². The van der Waals surface area contributed by atoms with E-state index in [0.717, 1.165) is 11.3 Å². The van der Waals surface area contributed by atoms with E-state index in [1.54, 1.807) is 43.5 Å². The number of carbonyl (C=O) groups excluding carboxylic acids is 2. The number of thiazole rings is 1. The predicted octanol–water partition coefficient (Wildman–Crippen LogP) is 2.54. The van der Waals surface area contributed by atoms with Crippen molar-refractivity contribution < 1.29 is 19.4 Å². The third-order valence-electron chi connectivity index (χ3n) is 4.09. The highest BCUT2D eigenvalue weighted by Crippen LogP contribution is 2.27. The SMILES string of the molecule is CCOC(=O)Cc1csc(NC(=O)c2c(O)c3ccccc3n(CC)c2=O)n1. The molecule has 0 aliphatic rings. The summed E-state index contributed by atoms with van der Waals surface area (Å²) in [6, 6.07) is 6.84. The van der Waals surface area contributed by atoms with Crippen LogP contribution in [-0.4, -0.2) is 33.1 Å². The summed E-state index contributed by atoms with van der Waals surface area (Å²) in [5, 5.41) is 15.3. The van der Waals surface area contributed by atoms with E-state index < -0.39 is 17.4 Å².